The summed E-state index contributed by atoms with van der Waals surface area (Å²) in [7, 11) is 0. The SMILES string of the molecule is Cc1cc(N)nc(CN2CCC(N3CCCC3)C2)n1. The zero-order valence-electron chi connectivity index (χ0n) is 11.7. The van der Waals surface area contributed by atoms with Crippen molar-refractivity contribution in [1.29, 1.82) is 0 Å². The molecule has 1 unspecified atom stereocenters. The van der Waals surface area contributed by atoms with Crippen molar-refractivity contribution < 1.29 is 0 Å². The van der Waals surface area contributed by atoms with Crippen LogP contribution in [-0.2, 0) is 6.54 Å². The van der Waals surface area contributed by atoms with Crippen LogP contribution in [0.4, 0.5) is 5.82 Å². The smallest absolute Gasteiger partial charge is 0.144 e. The first kappa shape index (κ1) is 12.8. The number of hydrogen-bond donors (Lipinski definition) is 1. The monoisotopic (exact) mass is 261 g/mol. The van der Waals surface area contributed by atoms with Crippen LogP contribution in [-0.4, -0.2) is 52.0 Å². The molecule has 2 saturated heterocycles. The lowest BCUT2D eigenvalue weighted by molar-refractivity contribution is 0.228. The number of anilines is 1. The molecule has 2 aliphatic heterocycles. The summed E-state index contributed by atoms with van der Waals surface area (Å²) in [5.41, 5.74) is 6.74. The van der Waals surface area contributed by atoms with Gasteiger partial charge in [-0.15, -0.1) is 0 Å². The molecule has 1 aromatic rings. The van der Waals surface area contributed by atoms with Gasteiger partial charge in [0.2, 0.25) is 0 Å². The van der Waals surface area contributed by atoms with E-state index in [0.29, 0.717) is 5.82 Å². The average Bonchev–Trinajstić information content (AvgIpc) is 2.96. The van der Waals surface area contributed by atoms with Crippen LogP contribution in [0.15, 0.2) is 6.07 Å². The highest BCUT2D eigenvalue weighted by Gasteiger charge is 2.29. The Kier molecular flexibility index (Phi) is 3.66. The molecule has 5 heteroatoms. The van der Waals surface area contributed by atoms with E-state index >= 15 is 0 Å². The van der Waals surface area contributed by atoms with Crippen molar-refractivity contribution in [2.24, 2.45) is 0 Å². The molecule has 104 valence electrons. The largest absolute Gasteiger partial charge is 0.384 e. The predicted molar refractivity (Wildman–Crippen MR) is 75.7 cm³/mol. The molecular formula is C14H23N5. The van der Waals surface area contributed by atoms with E-state index in [1.165, 1.54) is 32.4 Å². The number of aryl methyl sites for hydroxylation is 1. The van der Waals surface area contributed by atoms with E-state index in [9.17, 15) is 0 Å². The average molecular weight is 261 g/mol. The van der Waals surface area contributed by atoms with Gasteiger partial charge in [0.15, 0.2) is 0 Å². The van der Waals surface area contributed by atoms with Gasteiger partial charge in [-0.25, -0.2) is 9.97 Å². The van der Waals surface area contributed by atoms with Crippen LogP contribution in [0.3, 0.4) is 0 Å². The third kappa shape index (κ3) is 3.04. The summed E-state index contributed by atoms with van der Waals surface area (Å²) in [5, 5.41) is 0. The Hall–Kier alpha value is -1.20. The molecule has 2 aliphatic rings. The predicted octanol–water partition coefficient (Wildman–Crippen LogP) is 1.04. The Balaban J connectivity index is 1.59. The lowest BCUT2D eigenvalue weighted by Crippen LogP contribution is -2.35. The number of rotatable bonds is 3. The number of likely N-dealkylation sites (tertiary alicyclic amines) is 2. The van der Waals surface area contributed by atoms with E-state index in [1.807, 2.05) is 13.0 Å². The van der Waals surface area contributed by atoms with Crippen molar-refractivity contribution in [2.75, 3.05) is 31.9 Å². The summed E-state index contributed by atoms with van der Waals surface area (Å²) in [5.74, 6) is 1.44. The standard InChI is InChI=1S/C14H23N5/c1-11-8-13(15)17-14(16-11)10-18-7-4-12(9-18)19-5-2-3-6-19/h8,12H,2-7,9-10H2,1H3,(H2,15,16,17). The first-order chi connectivity index (χ1) is 9.20. The molecule has 2 fully saturated rings. The zero-order valence-corrected chi connectivity index (χ0v) is 11.7. The molecule has 0 bridgehead atoms. The lowest BCUT2D eigenvalue weighted by atomic mass is 10.2. The van der Waals surface area contributed by atoms with E-state index in [2.05, 4.69) is 19.8 Å². The van der Waals surface area contributed by atoms with Crippen molar-refractivity contribution in [3.05, 3.63) is 17.6 Å². The molecular weight excluding hydrogens is 238 g/mol. The minimum absolute atomic E-state index is 0.581. The van der Waals surface area contributed by atoms with Crippen LogP contribution >= 0.6 is 0 Å². The number of aromatic nitrogens is 2. The van der Waals surface area contributed by atoms with Crippen molar-refractivity contribution in [3.8, 4) is 0 Å². The summed E-state index contributed by atoms with van der Waals surface area (Å²) < 4.78 is 0. The molecule has 0 aromatic carbocycles. The number of nitrogens with two attached hydrogens (primary N) is 1. The third-order valence-electron chi connectivity index (χ3n) is 4.19. The molecule has 19 heavy (non-hydrogen) atoms. The van der Waals surface area contributed by atoms with Gasteiger partial charge in [-0.05, 0) is 39.3 Å². The summed E-state index contributed by atoms with van der Waals surface area (Å²) in [6, 6.07) is 2.56. The van der Waals surface area contributed by atoms with Gasteiger partial charge in [-0.3, -0.25) is 9.80 Å². The minimum atomic E-state index is 0.581. The maximum absolute atomic E-state index is 5.78. The number of hydrogen-bond acceptors (Lipinski definition) is 5. The Morgan fingerprint density at radius 3 is 2.79 bits per heavy atom. The van der Waals surface area contributed by atoms with E-state index < -0.39 is 0 Å². The molecule has 3 rings (SSSR count). The van der Waals surface area contributed by atoms with E-state index in [1.54, 1.807) is 0 Å². The Bertz CT molecular complexity index is 421. The second-order valence-electron chi connectivity index (χ2n) is 5.77. The molecule has 1 atom stereocenters. The highest BCUT2D eigenvalue weighted by Crippen LogP contribution is 2.21. The molecule has 5 nitrogen and oxygen atoms in total. The van der Waals surface area contributed by atoms with Gasteiger partial charge in [0.25, 0.3) is 0 Å². The van der Waals surface area contributed by atoms with Gasteiger partial charge in [0.05, 0.1) is 6.54 Å². The van der Waals surface area contributed by atoms with Gasteiger partial charge in [0.1, 0.15) is 11.6 Å². The first-order valence-electron chi connectivity index (χ1n) is 7.27. The van der Waals surface area contributed by atoms with E-state index in [-0.39, 0.29) is 0 Å². The van der Waals surface area contributed by atoms with Crippen LogP contribution in [0.2, 0.25) is 0 Å². The fourth-order valence-corrected chi connectivity index (χ4v) is 3.29. The fourth-order valence-electron chi connectivity index (χ4n) is 3.29. The summed E-state index contributed by atoms with van der Waals surface area (Å²) in [6.07, 6.45) is 4.02. The Labute approximate surface area is 114 Å². The highest BCUT2D eigenvalue weighted by molar-refractivity contribution is 5.29. The Morgan fingerprint density at radius 1 is 1.26 bits per heavy atom. The maximum atomic E-state index is 5.78. The van der Waals surface area contributed by atoms with Crippen LogP contribution in [0.1, 0.15) is 30.8 Å². The van der Waals surface area contributed by atoms with Crippen molar-refractivity contribution in [2.45, 2.75) is 38.8 Å². The van der Waals surface area contributed by atoms with Gasteiger partial charge in [-0.2, -0.15) is 0 Å². The molecule has 0 radical (unpaired) electrons. The topological polar surface area (TPSA) is 58.3 Å². The summed E-state index contributed by atoms with van der Waals surface area (Å²) >= 11 is 0. The van der Waals surface area contributed by atoms with Crippen LogP contribution in [0.25, 0.3) is 0 Å². The maximum Gasteiger partial charge on any atom is 0.144 e. The van der Waals surface area contributed by atoms with Gasteiger partial charge >= 0.3 is 0 Å². The summed E-state index contributed by atoms with van der Waals surface area (Å²) in [6.45, 7) is 7.67. The van der Waals surface area contributed by atoms with E-state index in [0.717, 1.165) is 37.2 Å². The van der Waals surface area contributed by atoms with Gasteiger partial charge < -0.3 is 5.73 Å². The minimum Gasteiger partial charge on any atom is -0.384 e. The molecule has 3 heterocycles. The molecule has 0 amide bonds. The molecule has 0 spiro atoms. The Morgan fingerprint density at radius 2 is 2.05 bits per heavy atom. The van der Waals surface area contributed by atoms with Crippen LogP contribution in [0.5, 0.6) is 0 Å². The molecule has 0 saturated carbocycles. The lowest BCUT2D eigenvalue weighted by Gasteiger charge is -2.23. The van der Waals surface area contributed by atoms with E-state index in [4.69, 9.17) is 5.73 Å². The van der Waals surface area contributed by atoms with Crippen molar-refractivity contribution in [1.82, 2.24) is 19.8 Å². The second kappa shape index (κ2) is 5.43. The normalized spacial score (nSPS) is 25.2. The fraction of sp³-hybridized carbons (Fsp3) is 0.714. The van der Waals surface area contributed by atoms with Crippen LogP contribution < -0.4 is 5.73 Å². The summed E-state index contributed by atoms with van der Waals surface area (Å²) in [4.78, 5) is 13.9. The molecule has 0 aliphatic carbocycles. The second-order valence-corrected chi connectivity index (χ2v) is 5.77. The molecule has 2 N–H and O–H groups in total. The number of nitrogens with zero attached hydrogens (tertiary/aromatic N) is 4. The highest BCUT2D eigenvalue weighted by atomic mass is 15.3. The van der Waals surface area contributed by atoms with Crippen molar-refractivity contribution >= 4 is 5.82 Å². The quantitative estimate of drug-likeness (QED) is 0.881. The third-order valence-corrected chi connectivity index (χ3v) is 4.19. The van der Waals surface area contributed by atoms with Crippen molar-refractivity contribution in [3.63, 3.8) is 0 Å². The number of nitrogen functional groups attached to an aromatic ring is 1. The molecule has 1 aromatic heterocycles. The first-order valence-corrected chi connectivity index (χ1v) is 7.27. The zero-order chi connectivity index (χ0) is 13.2. The van der Waals surface area contributed by atoms with Crippen LogP contribution in [0, 0.1) is 6.92 Å². The van der Waals surface area contributed by atoms with Gasteiger partial charge in [-0.1, -0.05) is 0 Å². The van der Waals surface area contributed by atoms with Gasteiger partial charge in [0, 0.05) is 30.9 Å².